The summed E-state index contributed by atoms with van der Waals surface area (Å²) >= 11 is 1.46. The van der Waals surface area contributed by atoms with Gasteiger partial charge in [0, 0.05) is 6.42 Å². The van der Waals surface area contributed by atoms with Crippen molar-refractivity contribution in [2.45, 2.75) is 6.42 Å². The minimum absolute atomic E-state index is 0.101. The zero-order chi connectivity index (χ0) is 11.5. The number of rotatable bonds is 3. The van der Waals surface area contributed by atoms with Gasteiger partial charge in [0.1, 0.15) is 0 Å². The van der Waals surface area contributed by atoms with Crippen LogP contribution in [0.15, 0.2) is 35.0 Å². The smallest absolute Gasteiger partial charge is 0.170 e. The summed E-state index contributed by atoms with van der Waals surface area (Å²) in [6, 6.07) is 5.42. The molecule has 1 nitrogen and oxygen atoms in total. The molecule has 82 valence electrons. The van der Waals surface area contributed by atoms with E-state index in [1.807, 2.05) is 10.8 Å². The summed E-state index contributed by atoms with van der Waals surface area (Å²) < 4.78 is 26.2. The summed E-state index contributed by atoms with van der Waals surface area (Å²) in [6.45, 7) is 0. The van der Waals surface area contributed by atoms with Gasteiger partial charge in [0.05, 0.1) is 5.56 Å². The lowest BCUT2D eigenvalue weighted by molar-refractivity contribution is 0.0988. The molecule has 16 heavy (non-hydrogen) atoms. The highest BCUT2D eigenvalue weighted by atomic mass is 32.1. The second kappa shape index (κ2) is 4.53. The molecule has 2 aromatic rings. The highest BCUT2D eigenvalue weighted by Crippen LogP contribution is 2.15. The highest BCUT2D eigenvalue weighted by molar-refractivity contribution is 7.08. The van der Waals surface area contributed by atoms with Gasteiger partial charge in [0.2, 0.25) is 0 Å². The molecule has 1 heterocycles. The molecule has 1 aromatic heterocycles. The standard InChI is InChI=1S/C12H8F2OS/c13-10-3-1-2-9(12(10)14)11(15)6-8-4-5-16-7-8/h1-5,7H,6H2. The SMILES string of the molecule is O=C(Cc1ccsc1)c1cccc(F)c1F. The quantitative estimate of drug-likeness (QED) is 0.748. The molecule has 0 aliphatic rings. The van der Waals surface area contributed by atoms with E-state index in [1.54, 1.807) is 6.07 Å². The van der Waals surface area contributed by atoms with Crippen molar-refractivity contribution in [2.75, 3.05) is 0 Å². The summed E-state index contributed by atoms with van der Waals surface area (Å²) in [6.07, 6.45) is 0.101. The van der Waals surface area contributed by atoms with Crippen molar-refractivity contribution in [1.29, 1.82) is 0 Å². The van der Waals surface area contributed by atoms with Crippen molar-refractivity contribution in [3.05, 3.63) is 57.8 Å². The Morgan fingerprint density at radius 3 is 2.75 bits per heavy atom. The van der Waals surface area contributed by atoms with Gasteiger partial charge in [-0.3, -0.25) is 4.79 Å². The van der Waals surface area contributed by atoms with Crippen LogP contribution >= 0.6 is 11.3 Å². The van der Waals surface area contributed by atoms with Crippen molar-refractivity contribution in [3.8, 4) is 0 Å². The maximum absolute atomic E-state index is 13.3. The fourth-order valence-electron chi connectivity index (χ4n) is 1.39. The van der Waals surface area contributed by atoms with Gasteiger partial charge in [-0.15, -0.1) is 0 Å². The molecule has 0 amide bonds. The molecule has 0 aliphatic heterocycles. The van der Waals surface area contributed by atoms with Crippen LogP contribution in [0.1, 0.15) is 15.9 Å². The number of hydrogen-bond donors (Lipinski definition) is 0. The third-order valence-corrected chi connectivity index (χ3v) is 2.93. The van der Waals surface area contributed by atoms with E-state index in [0.717, 1.165) is 11.6 Å². The zero-order valence-electron chi connectivity index (χ0n) is 8.24. The molecule has 0 spiro atoms. The number of carbonyl (C=O) groups is 1. The van der Waals surface area contributed by atoms with Crippen molar-refractivity contribution in [2.24, 2.45) is 0 Å². The van der Waals surface area contributed by atoms with Gasteiger partial charge in [-0.1, -0.05) is 6.07 Å². The molecule has 0 saturated heterocycles. The fraction of sp³-hybridized carbons (Fsp3) is 0.0833. The minimum atomic E-state index is -1.07. The molecule has 0 N–H and O–H groups in total. The van der Waals surface area contributed by atoms with Gasteiger partial charge < -0.3 is 0 Å². The van der Waals surface area contributed by atoms with Gasteiger partial charge >= 0.3 is 0 Å². The van der Waals surface area contributed by atoms with E-state index in [1.165, 1.54) is 23.5 Å². The van der Waals surface area contributed by atoms with Crippen LogP contribution in [0.2, 0.25) is 0 Å². The Hall–Kier alpha value is -1.55. The third-order valence-electron chi connectivity index (χ3n) is 2.20. The molecule has 0 radical (unpaired) electrons. The number of carbonyl (C=O) groups excluding carboxylic acids is 1. The Kier molecular flexibility index (Phi) is 3.10. The molecule has 0 saturated carbocycles. The number of halogens is 2. The van der Waals surface area contributed by atoms with E-state index in [2.05, 4.69) is 0 Å². The first-order chi connectivity index (χ1) is 7.68. The predicted octanol–water partition coefficient (Wildman–Crippen LogP) is 3.45. The Morgan fingerprint density at radius 1 is 1.25 bits per heavy atom. The Labute approximate surface area is 95.4 Å². The van der Waals surface area contributed by atoms with Crippen LogP contribution in [-0.4, -0.2) is 5.78 Å². The molecule has 0 aliphatic carbocycles. The predicted molar refractivity (Wildman–Crippen MR) is 58.7 cm³/mol. The molecule has 0 unspecified atom stereocenters. The van der Waals surface area contributed by atoms with Gasteiger partial charge in [0.15, 0.2) is 17.4 Å². The molecule has 0 fully saturated rings. The van der Waals surface area contributed by atoms with Crippen LogP contribution in [0.25, 0.3) is 0 Å². The van der Waals surface area contributed by atoms with Crippen LogP contribution < -0.4 is 0 Å². The highest BCUT2D eigenvalue weighted by Gasteiger charge is 2.15. The van der Waals surface area contributed by atoms with E-state index < -0.39 is 17.4 Å². The number of hydrogen-bond acceptors (Lipinski definition) is 2. The summed E-state index contributed by atoms with van der Waals surface area (Å²) in [5.74, 6) is -2.46. The van der Waals surface area contributed by atoms with Crippen molar-refractivity contribution in [1.82, 2.24) is 0 Å². The van der Waals surface area contributed by atoms with Gasteiger partial charge in [-0.25, -0.2) is 8.78 Å². The van der Waals surface area contributed by atoms with Crippen LogP contribution in [-0.2, 0) is 6.42 Å². The van der Waals surface area contributed by atoms with E-state index >= 15 is 0 Å². The maximum Gasteiger partial charge on any atom is 0.170 e. The average molecular weight is 238 g/mol. The Bertz CT molecular complexity index is 506. The van der Waals surface area contributed by atoms with Crippen LogP contribution in [0, 0.1) is 11.6 Å². The average Bonchev–Trinajstić information content (AvgIpc) is 2.74. The minimum Gasteiger partial charge on any atom is -0.294 e. The normalized spacial score (nSPS) is 10.4. The first-order valence-electron chi connectivity index (χ1n) is 4.67. The second-order valence-corrected chi connectivity index (χ2v) is 4.11. The summed E-state index contributed by atoms with van der Waals surface area (Å²) in [5.41, 5.74) is 0.630. The van der Waals surface area contributed by atoms with E-state index in [0.29, 0.717) is 0 Å². The number of benzene rings is 1. The second-order valence-electron chi connectivity index (χ2n) is 3.33. The van der Waals surface area contributed by atoms with Crippen molar-refractivity contribution >= 4 is 17.1 Å². The summed E-state index contributed by atoms with van der Waals surface area (Å²) in [7, 11) is 0. The molecule has 2 rings (SSSR count). The van der Waals surface area contributed by atoms with Crippen LogP contribution in [0.4, 0.5) is 8.78 Å². The van der Waals surface area contributed by atoms with E-state index in [9.17, 15) is 13.6 Å². The maximum atomic E-state index is 13.3. The molecule has 0 bridgehead atoms. The molecular formula is C12H8F2OS. The van der Waals surface area contributed by atoms with Gasteiger partial charge in [-0.05, 0) is 34.5 Å². The van der Waals surface area contributed by atoms with Gasteiger partial charge in [-0.2, -0.15) is 11.3 Å². The molecule has 1 aromatic carbocycles. The van der Waals surface area contributed by atoms with Crippen LogP contribution in [0.5, 0.6) is 0 Å². The molecular weight excluding hydrogens is 230 g/mol. The van der Waals surface area contributed by atoms with Crippen molar-refractivity contribution in [3.63, 3.8) is 0 Å². The monoisotopic (exact) mass is 238 g/mol. The number of thiophene rings is 1. The van der Waals surface area contributed by atoms with Crippen LogP contribution in [0.3, 0.4) is 0 Å². The fourth-order valence-corrected chi connectivity index (χ4v) is 2.06. The Balaban J connectivity index is 2.24. The van der Waals surface area contributed by atoms with Gasteiger partial charge in [0.25, 0.3) is 0 Å². The van der Waals surface area contributed by atoms with E-state index in [4.69, 9.17) is 0 Å². The third kappa shape index (κ3) is 2.17. The molecule has 0 atom stereocenters. The number of Topliss-reactive ketones (excluding diaryl/α,β-unsaturated/α-hetero) is 1. The summed E-state index contributed by atoms with van der Waals surface area (Å²) in [5, 5.41) is 3.65. The Morgan fingerprint density at radius 2 is 2.06 bits per heavy atom. The zero-order valence-corrected chi connectivity index (χ0v) is 9.06. The topological polar surface area (TPSA) is 17.1 Å². The lowest BCUT2D eigenvalue weighted by Crippen LogP contribution is -2.06. The summed E-state index contributed by atoms with van der Waals surface area (Å²) in [4.78, 5) is 11.7. The first-order valence-corrected chi connectivity index (χ1v) is 5.61. The lowest BCUT2D eigenvalue weighted by atomic mass is 10.0. The molecule has 4 heteroatoms. The van der Waals surface area contributed by atoms with Crippen molar-refractivity contribution < 1.29 is 13.6 Å². The lowest BCUT2D eigenvalue weighted by Gasteiger charge is -2.01. The largest absolute Gasteiger partial charge is 0.294 e. The number of ketones is 1. The first kappa shape index (κ1) is 11.0. The van der Waals surface area contributed by atoms with E-state index in [-0.39, 0.29) is 12.0 Å².